The van der Waals surface area contributed by atoms with Crippen molar-refractivity contribution >= 4 is 38.1 Å². The number of sulfonamides is 1. The summed E-state index contributed by atoms with van der Waals surface area (Å²) in [5.74, 6) is -0.253. The van der Waals surface area contributed by atoms with E-state index in [9.17, 15) is 13.2 Å². The van der Waals surface area contributed by atoms with Crippen molar-refractivity contribution in [2.45, 2.75) is 33.6 Å². The lowest BCUT2D eigenvalue weighted by Crippen LogP contribution is -2.34. The maximum absolute atomic E-state index is 12.8. The number of nitrogens with one attached hydrogen (secondary N) is 1. The van der Waals surface area contributed by atoms with Crippen LogP contribution in [0, 0.1) is 20.8 Å². The number of aromatic nitrogens is 1. The van der Waals surface area contributed by atoms with Gasteiger partial charge >= 0.3 is 0 Å². The maximum Gasteiger partial charge on any atom is 0.257 e. The van der Waals surface area contributed by atoms with Crippen LogP contribution in [-0.4, -0.2) is 32.1 Å². The Morgan fingerprint density at radius 3 is 2.58 bits per heavy atom. The van der Waals surface area contributed by atoms with Gasteiger partial charge in [0.2, 0.25) is 10.0 Å². The Morgan fingerprint density at radius 2 is 1.84 bits per heavy atom. The number of thiazole rings is 1. The lowest BCUT2D eigenvalue weighted by molar-refractivity contribution is 0.102. The number of aryl methyl sites for hydroxylation is 4. The van der Waals surface area contributed by atoms with E-state index in [-0.39, 0.29) is 5.91 Å². The molecule has 1 aromatic heterocycles. The van der Waals surface area contributed by atoms with Crippen LogP contribution < -0.4 is 9.62 Å². The molecule has 0 bridgehead atoms. The smallest absolute Gasteiger partial charge is 0.257 e. The van der Waals surface area contributed by atoms with Crippen LogP contribution in [0.3, 0.4) is 0 Å². The second kappa shape index (κ2) is 8.09. The number of hydrogen-bond acceptors (Lipinski definition) is 5. The summed E-state index contributed by atoms with van der Waals surface area (Å²) in [7, 11) is -3.33. The number of nitrogens with zero attached hydrogens (tertiary/aromatic N) is 2. The van der Waals surface area contributed by atoms with Gasteiger partial charge in [0.05, 0.1) is 17.6 Å². The van der Waals surface area contributed by atoms with Crippen molar-refractivity contribution in [2.24, 2.45) is 0 Å². The van der Waals surface area contributed by atoms with E-state index in [1.807, 2.05) is 5.38 Å². The van der Waals surface area contributed by atoms with E-state index in [1.165, 1.54) is 33.0 Å². The van der Waals surface area contributed by atoms with Crippen LogP contribution >= 0.6 is 11.3 Å². The number of hydrogen-bond donors (Lipinski definition) is 1. The summed E-state index contributed by atoms with van der Waals surface area (Å²) >= 11 is 1.39. The molecule has 3 aromatic rings. The van der Waals surface area contributed by atoms with Crippen molar-refractivity contribution in [3.8, 4) is 11.3 Å². The van der Waals surface area contributed by atoms with Crippen molar-refractivity contribution in [1.29, 1.82) is 0 Å². The van der Waals surface area contributed by atoms with Gasteiger partial charge < -0.3 is 0 Å². The third-order valence-corrected chi connectivity index (χ3v) is 7.60. The van der Waals surface area contributed by atoms with Crippen LogP contribution in [0.2, 0.25) is 0 Å². The molecule has 0 radical (unpaired) electrons. The molecule has 1 N–H and O–H groups in total. The minimum absolute atomic E-state index is 0.253. The van der Waals surface area contributed by atoms with E-state index in [1.54, 1.807) is 18.2 Å². The van der Waals surface area contributed by atoms with Crippen LogP contribution in [0.4, 0.5) is 10.8 Å². The fraction of sp³-hybridized carbons (Fsp3) is 0.304. The third-order valence-electron chi connectivity index (χ3n) is 5.66. The summed E-state index contributed by atoms with van der Waals surface area (Å²) in [5, 5.41) is 5.36. The SMILES string of the molecule is Cc1cc(C)c(-c2csc(NC(=O)c3ccc4c(c3)CCCN4S(C)(=O)=O)n2)cc1C. The number of rotatable bonds is 4. The summed E-state index contributed by atoms with van der Waals surface area (Å²) in [6.45, 7) is 6.70. The van der Waals surface area contributed by atoms with Crippen molar-refractivity contribution in [3.05, 3.63) is 63.5 Å². The highest BCUT2D eigenvalue weighted by molar-refractivity contribution is 7.92. The van der Waals surface area contributed by atoms with Gasteiger partial charge in [0.15, 0.2) is 5.13 Å². The van der Waals surface area contributed by atoms with Gasteiger partial charge in [0.25, 0.3) is 5.91 Å². The van der Waals surface area contributed by atoms with Gasteiger partial charge in [-0.05, 0) is 80.1 Å². The van der Waals surface area contributed by atoms with E-state index in [0.717, 1.165) is 35.2 Å². The molecular formula is C23H25N3O3S2. The Bertz CT molecular complexity index is 1280. The second-order valence-corrected chi connectivity index (χ2v) is 10.8. The monoisotopic (exact) mass is 455 g/mol. The van der Waals surface area contributed by atoms with Crippen LogP contribution in [0.15, 0.2) is 35.7 Å². The van der Waals surface area contributed by atoms with Gasteiger partial charge in [0, 0.05) is 23.1 Å². The van der Waals surface area contributed by atoms with Crippen LogP contribution in [0.1, 0.15) is 39.0 Å². The second-order valence-electron chi connectivity index (χ2n) is 8.03. The molecule has 0 saturated carbocycles. The Labute approximate surface area is 187 Å². The summed E-state index contributed by atoms with van der Waals surface area (Å²) in [4.78, 5) is 17.4. The highest BCUT2D eigenvalue weighted by Crippen LogP contribution is 2.32. The number of carbonyl (C=O) groups excluding carboxylic acids is 1. The highest BCUT2D eigenvalue weighted by atomic mass is 32.2. The molecule has 0 atom stereocenters. The summed E-state index contributed by atoms with van der Waals surface area (Å²) < 4.78 is 25.5. The van der Waals surface area contributed by atoms with Gasteiger partial charge in [-0.15, -0.1) is 11.3 Å². The van der Waals surface area contributed by atoms with Gasteiger partial charge in [0.1, 0.15) is 0 Å². The standard InChI is InChI=1S/C23H25N3O3S2/c1-14-10-16(3)19(11-15(14)2)20-13-30-23(24-20)25-22(27)18-7-8-21-17(12-18)6-5-9-26(21)31(4,28)29/h7-8,10-13H,5-6,9H2,1-4H3,(H,24,25,27). The molecule has 162 valence electrons. The van der Waals surface area contributed by atoms with Crippen LogP contribution in [0.25, 0.3) is 11.3 Å². The number of carbonyl (C=O) groups is 1. The number of benzene rings is 2. The molecule has 2 aromatic carbocycles. The molecule has 2 heterocycles. The summed E-state index contributed by atoms with van der Waals surface area (Å²) in [6.07, 6.45) is 2.69. The molecule has 1 aliphatic rings. The van der Waals surface area contributed by atoms with E-state index in [0.29, 0.717) is 22.9 Å². The lowest BCUT2D eigenvalue weighted by Gasteiger charge is -2.29. The minimum atomic E-state index is -3.33. The highest BCUT2D eigenvalue weighted by Gasteiger charge is 2.25. The van der Waals surface area contributed by atoms with E-state index in [2.05, 4.69) is 43.2 Å². The molecule has 0 spiro atoms. The zero-order valence-electron chi connectivity index (χ0n) is 18.0. The number of amides is 1. The largest absolute Gasteiger partial charge is 0.298 e. The van der Waals surface area contributed by atoms with Gasteiger partial charge in [-0.1, -0.05) is 6.07 Å². The van der Waals surface area contributed by atoms with Gasteiger partial charge in [-0.3, -0.25) is 14.4 Å². The van der Waals surface area contributed by atoms with Crippen molar-refractivity contribution in [3.63, 3.8) is 0 Å². The molecule has 6 nitrogen and oxygen atoms in total. The molecule has 31 heavy (non-hydrogen) atoms. The molecule has 0 aliphatic carbocycles. The Morgan fingerprint density at radius 1 is 1.10 bits per heavy atom. The number of anilines is 2. The third kappa shape index (κ3) is 4.36. The first-order valence-electron chi connectivity index (χ1n) is 10.1. The zero-order valence-corrected chi connectivity index (χ0v) is 19.7. The van der Waals surface area contributed by atoms with Crippen molar-refractivity contribution in [1.82, 2.24) is 4.98 Å². The molecule has 0 fully saturated rings. The molecule has 0 saturated heterocycles. The van der Waals surface area contributed by atoms with E-state index < -0.39 is 10.0 Å². The van der Waals surface area contributed by atoms with Crippen LogP contribution in [-0.2, 0) is 16.4 Å². The first-order chi connectivity index (χ1) is 14.6. The van der Waals surface area contributed by atoms with E-state index >= 15 is 0 Å². The zero-order chi connectivity index (χ0) is 22.3. The fourth-order valence-electron chi connectivity index (χ4n) is 3.91. The Kier molecular flexibility index (Phi) is 5.61. The molecule has 4 rings (SSSR count). The van der Waals surface area contributed by atoms with E-state index in [4.69, 9.17) is 0 Å². The predicted octanol–water partition coefficient (Wildman–Crippen LogP) is 4.70. The molecule has 1 amide bonds. The van der Waals surface area contributed by atoms with Crippen LogP contribution in [0.5, 0.6) is 0 Å². The first kappa shape index (κ1) is 21.5. The topological polar surface area (TPSA) is 79.4 Å². The minimum Gasteiger partial charge on any atom is -0.298 e. The average Bonchev–Trinajstić information content (AvgIpc) is 3.17. The quantitative estimate of drug-likeness (QED) is 0.618. The lowest BCUT2D eigenvalue weighted by atomic mass is 9.99. The van der Waals surface area contributed by atoms with Gasteiger partial charge in [-0.2, -0.15) is 0 Å². The number of fused-ring (bicyclic) bond motifs is 1. The molecule has 1 aliphatic heterocycles. The predicted molar refractivity (Wildman–Crippen MR) is 127 cm³/mol. The molecular weight excluding hydrogens is 430 g/mol. The summed E-state index contributed by atoms with van der Waals surface area (Å²) in [6, 6.07) is 9.44. The molecule has 8 heteroatoms. The van der Waals surface area contributed by atoms with Gasteiger partial charge in [-0.25, -0.2) is 13.4 Å². The Hall–Kier alpha value is -2.71. The van der Waals surface area contributed by atoms with Crippen molar-refractivity contribution < 1.29 is 13.2 Å². The fourth-order valence-corrected chi connectivity index (χ4v) is 5.61. The Balaban J connectivity index is 1.56. The van der Waals surface area contributed by atoms with Crippen molar-refractivity contribution in [2.75, 3.05) is 22.4 Å². The normalized spacial score (nSPS) is 13.7. The maximum atomic E-state index is 12.8. The first-order valence-corrected chi connectivity index (χ1v) is 12.8. The summed E-state index contributed by atoms with van der Waals surface area (Å²) in [5.41, 5.74) is 7.53. The molecule has 0 unspecified atom stereocenters. The average molecular weight is 456 g/mol.